The quantitative estimate of drug-likeness (QED) is 0.732. The topological polar surface area (TPSA) is 94.8 Å². The first-order chi connectivity index (χ1) is 11.2. The van der Waals surface area contributed by atoms with Gasteiger partial charge in [0, 0.05) is 6.42 Å². The second kappa shape index (κ2) is 6.01. The van der Waals surface area contributed by atoms with E-state index in [4.69, 9.17) is 0 Å². The van der Waals surface area contributed by atoms with E-state index >= 15 is 0 Å². The molecular formula is C19H30O5. The molecule has 0 amide bonds. The summed E-state index contributed by atoms with van der Waals surface area (Å²) in [5, 5.41) is 29.2. The van der Waals surface area contributed by atoms with Gasteiger partial charge in [-0.05, 0) is 73.0 Å². The van der Waals surface area contributed by atoms with Gasteiger partial charge in [-0.2, -0.15) is 0 Å². The van der Waals surface area contributed by atoms with Gasteiger partial charge in [0.15, 0.2) is 0 Å². The van der Waals surface area contributed by atoms with Crippen molar-refractivity contribution >= 4 is 11.9 Å². The number of aliphatic carboxylic acids is 2. The van der Waals surface area contributed by atoms with Gasteiger partial charge in [0.1, 0.15) is 0 Å². The van der Waals surface area contributed by atoms with Gasteiger partial charge in [-0.3, -0.25) is 9.59 Å². The van der Waals surface area contributed by atoms with Gasteiger partial charge >= 0.3 is 11.9 Å². The van der Waals surface area contributed by atoms with Crippen molar-refractivity contribution in [2.75, 3.05) is 0 Å². The van der Waals surface area contributed by atoms with Crippen LogP contribution in [0.15, 0.2) is 0 Å². The number of hydrogen-bond acceptors (Lipinski definition) is 3. The summed E-state index contributed by atoms with van der Waals surface area (Å²) < 4.78 is 0. The average molecular weight is 338 g/mol. The maximum absolute atomic E-state index is 11.5. The van der Waals surface area contributed by atoms with E-state index in [1.54, 1.807) is 0 Å². The molecule has 136 valence electrons. The molecule has 3 saturated carbocycles. The number of rotatable bonds is 4. The highest BCUT2D eigenvalue weighted by Crippen LogP contribution is 2.64. The minimum atomic E-state index is -0.827. The maximum Gasteiger partial charge on any atom is 0.303 e. The van der Waals surface area contributed by atoms with Crippen molar-refractivity contribution < 1.29 is 24.9 Å². The fraction of sp³-hybridized carbons (Fsp3) is 0.895. The van der Waals surface area contributed by atoms with Crippen LogP contribution >= 0.6 is 0 Å². The van der Waals surface area contributed by atoms with Gasteiger partial charge in [-0.1, -0.05) is 13.8 Å². The molecule has 0 aromatic heterocycles. The number of aliphatic hydroxyl groups is 1. The Kier molecular flexibility index (Phi) is 4.44. The molecule has 0 radical (unpaired) electrons. The van der Waals surface area contributed by atoms with E-state index in [1.807, 2.05) is 6.92 Å². The van der Waals surface area contributed by atoms with E-state index in [9.17, 15) is 24.9 Å². The standard InChI is InChI=1S/C19H30O5/c1-18-8-7-14-12(13(18)5-6-15(18)20)4-3-11(9-16(21)22)19(14,2)10-17(23)24/h11-15,20H,3-10H2,1-2H3,(H,21,22)(H,23,24). The van der Waals surface area contributed by atoms with Gasteiger partial charge in [0.25, 0.3) is 0 Å². The highest BCUT2D eigenvalue weighted by atomic mass is 16.4. The third-order valence-corrected chi connectivity index (χ3v) is 7.97. The number of carboxylic acids is 2. The predicted octanol–water partition coefficient (Wildman–Crippen LogP) is 3.16. The molecule has 7 atom stereocenters. The number of carbonyl (C=O) groups is 2. The van der Waals surface area contributed by atoms with Crippen LogP contribution in [0.3, 0.4) is 0 Å². The summed E-state index contributed by atoms with van der Waals surface area (Å²) in [5.74, 6) is -0.584. The van der Waals surface area contributed by atoms with Crippen LogP contribution in [0.2, 0.25) is 0 Å². The summed E-state index contributed by atoms with van der Waals surface area (Å²) in [6.45, 7) is 4.21. The average Bonchev–Trinajstić information content (AvgIpc) is 2.77. The van der Waals surface area contributed by atoms with Crippen LogP contribution in [0, 0.1) is 34.5 Å². The maximum atomic E-state index is 11.5. The third-order valence-electron chi connectivity index (χ3n) is 7.97. The smallest absolute Gasteiger partial charge is 0.303 e. The Bertz CT molecular complexity index is 532. The van der Waals surface area contributed by atoms with Crippen molar-refractivity contribution in [1.29, 1.82) is 0 Å². The first-order valence-corrected chi connectivity index (χ1v) is 9.30. The minimum Gasteiger partial charge on any atom is -0.481 e. The van der Waals surface area contributed by atoms with Crippen molar-refractivity contribution in [3.8, 4) is 0 Å². The molecule has 0 aromatic rings. The van der Waals surface area contributed by atoms with Crippen molar-refractivity contribution in [1.82, 2.24) is 0 Å². The van der Waals surface area contributed by atoms with E-state index in [1.165, 1.54) is 0 Å². The lowest BCUT2D eigenvalue weighted by Gasteiger charge is -2.58. The molecule has 0 bridgehead atoms. The normalized spacial score (nSPS) is 47.7. The molecule has 5 nitrogen and oxygen atoms in total. The summed E-state index contributed by atoms with van der Waals surface area (Å²) >= 11 is 0. The van der Waals surface area contributed by atoms with Gasteiger partial charge in [-0.15, -0.1) is 0 Å². The molecule has 7 unspecified atom stereocenters. The molecule has 0 aliphatic heterocycles. The van der Waals surface area contributed by atoms with Crippen LogP contribution in [0.5, 0.6) is 0 Å². The zero-order valence-corrected chi connectivity index (χ0v) is 14.7. The largest absolute Gasteiger partial charge is 0.481 e. The van der Waals surface area contributed by atoms with Gasteiger partial charge in [0.2, 0.25) is 0 Å². The van der Waals surface area contributed by atoms with Crippen LogP contribution in [0.1, 0.15) is 65.2 Å². The Hall–Kier alpha value is -1.10. The number of hydrogen-bond donors (Lipinski definition) is 3. The highest BCUT2D eigenvalue weighted by molar-refractivity contribution is 5.69. The fourth-order valence-electron chi connectivity index (χ4n) is 6.65. The predicted molar refractivity (Wildman–Crippen MR) is 88.4 cm³/mol. The lowest BCUT2D eigenvalue weighted by Crippen LogP contribution is -2.53. The van der Waals surface area contributed by atoms with Gasteiger partial charge in [-0.25, -0.2) is 0 Å². The lowest BCUT2D eigenvalue weighted by atomic mass is 9.46. The van der Waals surface area contributed by atoms with E-state index in [-0.39, 0.29) is 36.2 Å². The third kappa shape index (κ3) is 2.65. The molecule has 24 heavy (non-hydrogen) atoms. The lowest BCUT2D eigenvalue weighted by molar-refractivity contribution is -0.156. The van der Waals surface area contributed by atoms with Crippen molar-refractivity contribution in [3.05, 3.63) is 0 Å². The minimum absolute atomic E-state index is 0.0368. The molecule has 0 saturated heterocycles. The molecule has 3 aliphatic rings. The van der Waals surface area contributed by atoms with Crippen LogP contribution in [0.4, 0.5) is 0 Å². The summed E-state index contributed by atoms with van der Waals surface area (Å²) in [6, 6.07) is 0. The van der Waals surface area contributed by atoms with Gasteiger partial charge in [0.05, 0.1) is 12.5 Å². The van der Waals surface area contributed by atoms with E-state index in [2.05, 4.69) is 6.92 Å². The van der Waals surface area contributed by atoms with Crippen LogP contribution in [-0.2, 0) is 9.59 Å². The van der Waals surface area contributed by atoms with Crippen LogP contribution in [0.25, 0.3) is 0 Å². The molecular weight excluding hydrogens is 308 g/mol. The Morgan fingerprint density at radius 3 is 2.29 bits per heavy atom. The Morgan fingerprint density at radius 1 is 0.958 bits per heavy atom. The highest BCUT2D eigenvalue weighted by Gasteiger charge is 2.59. The van der Waals surface area contributed by atoms with E-state index in [0.29, 0.717) is 11.8 Å². The second-order valence-electron chi connectivity index (χ2n) is 8.96. The molecule has 0 spiro atoms. The summed E-state index contributed by atoms with van der Waals surface area (Å²) in [6.07, 6.45) is 5.35. The number of aliphatic hydroxyl groups excluding tert-OH is 1. The van der Waals surface area contributed by atoms with Crippen LogP contribution < -0.4 is 0 Å². The van der Waals surface area contributed by atoms with Crippen LogP contribution in [-0.4, -0.2) is 33.4 Å². The van der Waals surface area contributed by atoms with Gasteiger partial charge < -0.3 is 15.3 Å². The van der Waals surface area contributed by atoms with Crippen molar-refractivity contribution in [2.24, 2.45) is 34.5 Å². The summed E-state index contributed by atoms with van der Waals surface area (Å²) in [4.78, 5) is 22.8. The Balaban J connectivity index is 1.91. The first-order valence-electron chi connectivity index (χ1n) is 9.30. The number of fused-ring (bicyclic) bond motifs is 3. The van der Waals surface area contributed by atoms with Crippen molar-refractivity contribution in [3.63, 3.8) is 0 Å². The zero-order valence-electron chi connectivity index (χ0n) is 14.7. The zero-order chi connectivity index (χ0) is 17.7. The molecule has 3 fully saturated rings. The molecule has 3 aliphatic carbocycles. The number of carboxylic acid groups (broad SMARTS) is 2. The summed E-state index contributed by atoms with van der Waals surface area (Å²) in [5.41, 5.74) is -0.493. The van der Waals surface area contributed by atoms with Crippen molar-refractivity contribution in [2.45, 2.75) is 71.3 Å². The SMILES string of the molecule is CC12CCC3C(CCC(CC(=O)O)C3(C)CC(=O)O)C1CCC2O. The fourth-order valence-corrected chi connectivity index (χ4v) is 6.65. The monoisotopic (exact) mass is 338 g/mol. The van der Waals surface area contributed by atoms with E-state index < -0.39 is 17.4 Å². The molecule has 5 heteroatoms. The molecule has 3 N–H and O–H groups in total. The van der Waals surface area contributed by atoms with E-state index in [0.717, 1.165) is 38.5 Å². The summed E-state index contributed by atoms with van der Waals surface area (Å²) in [7, 11) is 0. The molecule has 0 aromatic carbocycles. The Labute approximate surface area is 143 Å². The Morgan fingerprint density at radius 2 is 1.67 bits per heavy atom. The first kappa shape index (κ1) is 17.7. The second-order valence-corrected chi connectivity index (χ2v) is 8.96. The molecule has 3 rings (SSSR count). The molecule has 0 heterocycles.